The van der Waals surface area contributed by atoms with Crippen molar-refractivity contribution in [3.8, 4) is 5.75 Å². The normalized spacial score (nSPS) is 19.9. The highest BCUT2D eigenvalue weighted by Gasteiger charge is 2.51. The van der Waals surface area contributed by atoms with Crippen LogP contribution in [-0.2, 0) is 21.7 Å². The average Bonchev–Trinajstić information content (AvgIpc) is 2.95. The number of urea groups is 1. The Hall–Kier alpha value is -3.35. The van der Waals surface area contributed by atoms with E-state index >= 15 is 0 Å². The van der Waals surface area contributed by atoms with Gasteiger partial charge in [-0.1, -0.05) is 42.5 Å². The van der Waals surface area contributed by atoms with Gasteiger partial charge < -0.3 is 15.4 Å². The van der Waals surface area contributed by atoms with Crippen LogP contribution < -0.4 is 15.4 Å². The van der Waals surface area contributed by atoms with Gasteiger partial charge in [0.2, 0.25) is 5.91 Å². The lowest BCUT2D eigenvalue weighted by Gasteiger charge is -2.25. The van der Waals surface area contributed by atoms with Crippen molar-refractivity contribution in [2.45, 2.75) is 32.0 Å². The summed E-state index contributed by atoms with van der Waals surface area (Å²) < 4.78 is 5.21. The highest BCUT2D eigenvalue weighted by atomic mass is 16.5. The van der Waals surface area contributed by atoms with Crippen LogP contribution in [0.3, 0.4) is 0 Å². The van der Waals surface area contributed by atoms with Gasteiger partial charge in [-0.3, -0.25) is 9.59 Å². The van der Waals surface area contributed by atoms with Gasteiger partial charge in [0.25, 0.3) is 5.91 Å². The van der Waals surface area contributed by atoms with Crippen molar-refractivity contribution in [2.24, 2.45) is 0 Å². The smallest absolute Gasteiger partial charge is 0.326 e. The molecule has 1 heterocycles. The summed E-state index contributed by atoms with van der Waals surface area (Å²) in [6.07, 6.45) is 0. The van der Waals surface area contributed by atoms with E-state index in [1.807, 2.05) is 30.3 Å². The van der Waals surface area contributed by atoms with Crippen LogP contribution in [0.25, 0.3) is 0 Å². The number of amides is 4. The van der Waals surface area contributed by atoms with E-state index in [2.05, 4.69) is 10.6 Å². The van der Waals surface area contributed by atoms with Gasteiger partial charge in [-0.25, -0.2) is 9.69 Å². The van der Waals surface area contributed by atoms with Crippen molar-refractivity contribution in [1.29, 1.82) is 0 Å². The Morgan fingerprint density at radius 2 is 1.89 bits per heavy atom. The maximum atomic E-state index is 13.1. The third-order valence-electron chi connectivity index (χ3n) is 4.95. The molecule has 4 amide bonds. The Kier molecular flexibility index (Phi) is 5.35. The quantitative estimate of drug-likeness (QED) is 0.751. The van der Waals surface area contributed by atoms with Crippen LogP contribution in [0.2, 0.25) is 0 Å². The Morgan fingerprint density at radius 3 is 2.57 bits per heavy atom. The molecule has 2 atom stereocenters. The monoisotopic (exact) mass is 381 g/mol. The SMILES string of the molecule is COc1cccc([C@@]2(C)NC(=O)N([C@@H](C)C(=O)NCc3ccccc3)C2=O)c1. The molecule has 1 aliphatic heterocycles. The number of nitrogens with one attached hydrogen (secondary N) is 2. The summed E-state index contributed by atoms with van der Waals surface area (Å²) in [5.74, 6) is -0.303. The van der Waals surface area contributed by atoms with Crippen molar-refractivity contribution in [3.05, 3.63) is 65.7 Å². The number of nitrogens with zero attached hydrogens (tertiary/aromatic N) is 1. The summed E-state index contributed by atoms with van der Waals surface area (Å²) in [6, 6.07) is 14.8. The van der Waals surface area contributed by atoms with Crippen LogP contribution in [-0.4, -0.2) is 35.9 Å². The van der Waals surface area contributed by atoms with E-state index in [0.29, 0.717) is 17.9 Å². The summed E-state index contributed by atoms with van der Waals surface area (Å²) in [6.45, 7) is 3.48. The number of ether oxygens (including phenoxy) is 1. The molecule has 0 aromatic heterocycles. The minimum Gasteiger partial charge on any atom is -0.497 e. The zero-order valence-corrected chi connectivity index (χ0v) is 16.1. The second-order valence-electron chi connectivity index (χ2n) is 6.84. The minimum atomic E-state index is -1.26. The molecule has 1 aliphatic rings. The van der Waals surface area contributed by atoms with Crippen LogP contribution in [0, 0.1) is 0 Å². The van der Waals surface area contributed by atoms with Gasteiger partial charge in [0.05, 0.1) is 7.11 Å². The third kappa shape index (κ3) is 3.55. The molecule has 1 fully saturated rings. The summed E-state index contributed by atoms with van der Waals surface area (Å²) in [7, 11) is 1.53. The molecule has 146 valence electrons. The largest absolute Gasteiger partial charge is 0.497 e. The number of methoxy groups -OCH3 is 1. The standard InChI is InChI=1S/C21H23N3O4/c1-14(18(25)22-13-15-8-5-4-6-9-15)24-19(26)21(2,23-20(24)27)16-10-7-11-17(12-16)28-3/h4-12,14H,13H2,1-3H3,(H,22,25)(H,23,27)/t14-,21+/m0/s1. The van der Waals surface area contributed by atoms with E-state index in [4.69, 9.17) is 4.74 Å². The second-order valence-corrected chi connectivity index (χ2v) is 6.84. The first-order valence-electron chi connectivity index (χ1n) is 8.99. The lowest BCUT2D eigenvalue weighted by atomic mass is 9.91. The first-order chi connectivity index (χ1) is 13.4. The van der Waals surface area contributed by atoms with Crippen LogP contribution in [0.5, 0.6) is 5.75 Å². The van der Waals surface area contributed by atoms with E-state index < -0.39 is 29.4 Å². The molecule has 7 nitrogen and oxygen atoms in total. The summed E-state index contributed by atoms with van der Waals surface area (Å²) in [5.41, 5.74) is 0.255. The fourth-order valence-corrected chi connectivity index (χ4v) is 3.19. The summed E-state index contributed by atoms with van der Waals surface area (Å²) in [4.78, 5) is 39.1. The average molecular weight is 381 g/mol. The van der Waals surface area contributed by atoms with Gasteiger partial charge in [-0.15, -0.1) is 0 Å². The Morgan fingerprint density at radius 1 is 1.18 bits per heavy atom. The van der Waals surface area contributed by atoms with Crippen molar-refractivity contribution in [3.63, 3.8) is 0 Å². The van der Waals surface area contributed by atoms with Crippen molar-refractivity contribution in [1.82, 2.24) is 15.5 Å². The fraction of sp³-hybridized carbons (Fsp3) is 0.286. The minimum absolute atomic E-state index is 0.320. The van der Waals surface area contributed by atoms with Crippen LogP contribution in [0.4, 0.5) is 4.79 Å². The van der Waals surface area contributed by atoms with Crippen molar-refractivity contribution >= 4 is 17.8 Å². The van der Waals surface area contributed by atoms with Gasteiger partial charge >= 0.3 is 6.03 Å². The molecule has 2 aromatic carbocycles. The Balaban J connectivity index is 1.75. The Bertz CT molecular complexity index is 900. The molecular weight excluding hydrogens is 358 g/mol. The topological polar surface area (TPSA) is 87.7 Å². The predicted octanol–water partition coefficient (Wildman–Crippen LogP) is 2.17. The molecule has 1 saturated heterocycles. The number of hydrogen-bond acceptors (Lipinski definition) is 4. The molecule has 0 radical (unpaired) electrons. The third-order valence-corrected chi connectivity index (χ3v) is 4.95. The number of hydrogen-bond donors (Lipinski definition) is 2. The van der Waals surface area contributed by atoms with Gasteiger partial charge in [-0.05, 0) is 37.1 Å². The number of imide groups is 1. The molecule has 0 unspecified atom stereocenters. The molecule has 28 heavy (non-hydrogen) atoms. The van der Waals surface area contributed by atoms with Gasteiger partial charge in [0, 0.05) is 6.54 Å². The van der Waals surface area contributed by atoms with Crippen LogP contribution in [0.15, 0.2) is 54.6 Å². The van der Waals surface area contributed by atoms with E-state index in [-0.39, 0.29) is 0 Å². The number of benzene rings is 2. The molecular formula is C21H23N3O4. The second kappa shape index (κ2) is 7.72. The highest BCUT2D eigenvalue weighted by Crippen LogP contribution is 2.31. The number of rotatable bonds is 6. The summed E-state index contributed by atoms with van der Waals surface area (Å²) >= 11 is 0. The number of carbonyl (C=O) groups is 3. The van der Waals surface area contributed by atoms with E-state index in [1.54, 1.807) is 31.2 Å². The van der Waals surface area contributed by atoms with Gasteiger partial charge in [0.15, 0.2) is 0 Å². The lowest BCUT2D eigenvalue weighted by Crippen LogP contribution is -2.49. The highest BCUT2D eigenvalue weighted by molar-refractivity contribution is 6.09. The lowest BCUT2D eigenvalue weighted by molar-refractivity contribution is -0.137. The predicted molar refractivity (Wildman–Crippen MR) is 103 cm³/mol. The first kappa shape index (κ1) is 19.4. The molecule has 0 saturated carbocycles. The molecule has 0 bridgehead atoms. The van der Waals surface area contributed by atoms with E-state index in [1.165, 1.54) is 14.0 Å². The molecule has 7 heteroatoms. The van der Waals surface area contributed by atoms with E-state index in [9.17, 15) is 14.4 Å². The van der Waals surface area contributed by atoms with Crippen molar-refractivity contribution in [2.75, 3.05) is 7.11 Å². The zero-order chi connectivity index (χ0) is 20.3. The number of carbonyl (C=O) groups excluding carboxylic acids is 3. The van der Waals surface area contributed by atoms with Gasteiger partial charge in [-0.2, -0.15) is 0 Å². The van der Waals surface area contributed by atoms with Gasteiger partial charge in [0.1, 0.15) is 17.3 Å². The van der Waals surface area contributed by atoms with Crippen LogP contribution in [0.1, 0.15) is 25.0 Å². The van der Waals surface area contributed by atoms with Crippen LogP contribution >= 0.6 is 0 Å². The molecule has 3 rings (SSSR count). The molecule has 0 aliphatic carbocycles. The summed E-state index contributed by atoms with van der Waals surface area (Å²) in [5, 5.41) is 5.48. The van der Waals surface area contributed by atoms with E-state index in [0.717, 1.165) is 10.5 Å². The van der Waals surface area contributed by atoms with Crippen molar-refractivity contribution < 1.29 is 19.1 Å². The zero-order valence-electron chi connectivity index (χ0n) is 16.1. The molecule has 0 spiro atoms. The maximum Gasteiger partial charge on any atom is 0.326 e. The fourth-order valence-electron chi connectivity index (χ4n) is 3.19. The molecule has 2 N–H and O–H groups in total. The maximum absolute atomic E-state index is 13.1. The first-order valence-corrected chi connectivity index (χ1v) is 8.99. The molecule has 2 aromatic rings. The Labute approximate surface area is 163 Å².